The third kappa shape index (κ3) is 3.25. The summed E-state index contributed by atoms with van der Waals surface area (Å²) in [5.41, 5.74) is 6.32. The number of carbonyl (C=O) groups is 2. The van der Waals surface area contributed by atoms with Gasteiger partial charge in [0.15, 0.2) is 0 Å². The van der Waals surface area contributed by atoms with Crippen molar-refractivity contribution in [2.45, 2.75) is 24.8 Å². The number of carbonyl (C=O) groups excluding carboxylic acids is 2. The molecule has 1 atom stereocenters. The highest BCUT2D eigenvalue weighted by Gasteiger charge is 2.61. The van der Waals surface area contributed by atoms with Crippen LogP contribution >= 0.6 is 27.7 Å². The van der Waals surface area contributed by atoms with Crippen LogP contribution in [-0.2, 0) is 27.4 Å². The van der Waals surface area contributed by atoms with Crippen LogP contribution in [-0.4, -0.2) is 35.7 Å². The molecule has 0 aliphatic carbocycles. The Morgan fingerprint density at radius 3 is 2.59 bits per heavy atom. The van der Waals surface area contributed by atoms with Gasteiger partial charge in [0.25, 0.3) is 5.91 Å². The van der Waals surface area contributed by atoms with Crippen LogP contribution in [0.15, 0.2) is 71.2 Å². The second-order valence-corrected chi connectivity index (χ2v) is 11.1. The summed E-state index contributed by atoms with van der Waals surface area (Å²) in [4.78, 5) is 32.3. The summed E-state index contributed by atoms with van der Waals surface area (Å²) in [6, 6.07) is 22.3. The van der Waals surface area contributed by atoms with E-state index >= 15 is 0 Å². The number of hydrogen-bond donors (Lipinski definition) is 0. The van der Waals surface area contributed by atoms with Crippen molar-refractivity contribution in [2.75, 3.05) is 28.8 Å². The van der Waals surface area contributed by atoms with Crippen LogP contribution in [0, 0.1) is 6.92 Å². The Morgan fingerprint density at radius 1 is 1.00 bits per heavy atom. The van der Waals surface area contributed by atoms with Gasteiger partial charge in [-0.3, -0.25) is 24.3 Å². The average Bonchev–Trinajstić information content (AvgIpc) is 3.32. The molecule has 1 fully saturated rings. The van der Waals surface area contributed by atoms with Gasteiger partial charge in [-0.05, 0) is 48.2 Å². The molecule has 172 valence electrons. The summed E-state index contributed by atoms with van der Waals surface area (Å²) in [6.45, 7) is 4.23. The molecule has 3 aromatic carbocycles. The lowest BCUT2D eigenvalue weighted by atomic mass is 10.0. The number of fused-ring (bicyclic) bond motifs is 3. The fourth-order valence-electron chi connectivity index (χ4n) is 5.29. The molecule has 3 aromatic rings. The Morgan fingerprint density at radius 2 is 1.76 bits per heavy atom. The molecule has 1 spiro atoms. The predicted octanol–water partition coefficient (Wildman–Crippen LogP) is 5.05. The first-order valence-electron chi connectivity index (χ1n) is 11.4. The summed E-state index contributed by atoms with van der Waals surface area (Å²) >= 11 is 5.03. The van der Waals surface area contributed by atoms with E-state index in [1.807, 2.05) is 54.3 Å². The number of para-hydroxylation sites is 1. The van der Waals surface area contributed by atoms with E-state index in [1.165, 1.54) is 22.9 Å². The van der Waals surface area contributed by atoms with Crippen LogP contribution in [0.1, 0.15) is 22.3 Å². The van der Waals surface area contributed by atoms with E-state index in [1.54, 1.807) is 4.90 Å². The lowest BCUT2D eigenvalue weighted by Gasteiger charge is -2.35. The van der Waals surface area contributed by atoms with Crippen molar-refractivity contribution in [2.24, 2.45) is 0 Å². The van der Waals surface area contributed by atoms with Gasteiger partial charge in [0.1, 0.15) is 0 Å². The van der Waals surface area contributed by atoms with E-state index in [9.17, 15) is 9.59 Å². The Bertz CT molecular complexity index is 1330. The standard InChI is InChI=1S/C27H24BrN3O2S/c1-18-10-11-21(14-23(18)28)31-25(32)16-34-27(31)22-8-4-5-9-24(22)30(26(27)33)17-29-13-12-19-6-2-3-7-20(19)15-29/h2-11,14H,12-13,15-17H2,1H3/t27-/m1/s1. The number of hydrogen-bond acceptors (Lipinski definition) is 4. The Kier molecular flexibility index (Phi) is 5.32. The summed E-state index contributed by atoms with van der Waals surface area (Å²) in [5.74, 6) is 0.189. The fraction of sp³-hybridized carbons (Fsp3) is 0.259. The monoisotopic (exact) mass is 533 g/mol. The second-order valence-electron chi connectivity index (χ2n) is 9.06. The molecule has 3 aliphatic rings. The summed E-state index contributed by atoms with van der Waals surface area (Å²) in [7, 11) is 0. The highest BCUT2D eigenvalue weighted by molar-refractivity contribution is 9.10. The SMILES string of the molecule is Cc1ccc(N2C(=O)CS[C@]23C(=O)N(CN2CCc4ccccc4C2)c2ccccc23)cc1Br. The van der Waals surface area contributed by atoms with E-state index < -0.39 is 4.87 Å². The Labute approximate surface area is 211 Å². The molecule has 0 unspecified atom stereocenters. The minimum atomic E-state index is -1.07. The smallest absolute Gasteiger partial charge is 0.269 e. The van der Waals surface area contributed by atoms with Gasteiger partial charge < -0.3 is 0 Å². The number of halogens is 1. The molecule has 0 aromatic heterocycles. The summed E-state index contributed by atoms with van der Waals surface area (Å²) < 4.78 is 0.924. The molecule has 6 rings (SSSR count). The quantitative estimate of drug-likeness (QED) is 0.472. The van der Waals surface area contributed by atoms with Crippen LogP contribution in [0.25, 0.3) is 0 Å². The third-order valence-corrected chi connectivity index (χ3v) is 9.27. The number of benzene rings is 3. The van der Waals surface area contributed by atoms with E-state index in [0.29, 0.717) is 6.67 Å². The lowest BCUT2D eigenvalue weighted by molar-refractivity contribution is -0.124. The molecule has 2 amide bonds. The first-order chi connectivity index (χ1) is 16.5. The van der Waals surface area contributed by atoms with Crippen LogP contribution in [0.4, 0.5) is 11.4 Å². The number of aryl methyl sites for hydroxylation is 1. The van der Waals surface area contributed by atoms with Gasteiger partial charge in [0.05, 0.1) is 18.1 Å². The zero-order chi connectivity index (χ0) is 23.4. The van der Waals surface area contributed by atoms with Crippen LogP contribution in [0.3, 0.4) is 0 Å². The molecule has 3 aliphatic heterocycles. The number of nitrogens with zero attached hydrogens (tertiary/aromatic N) is 3. The molecule has 1 saturated heterocycles. The molecule has 3 heterocycles. The molecule has 0 bridgehead atoms. The number of anilines is 2. The van der Waals surface area contributed by atoms with Gasteiger partial charge in [-0.15, -0.1) is 11.8 Å². The topological polar surface area (TPSA) is 43.9 Å². The number of rotatable bonds is 3. The second kappa shape index (κ2) is 8.26. The van der Waals surface area contributed by atoms with Crippen molar-refractivity contribution < 1.29 is 9.59 Å². The van der Waals surface area contributed by atoms with Crippen molar-refractivity contribution in [3.63, 3.8) is 0 Å². The zero-order valence-corrected chi connectivity index (χ0v) is 21.2. The van der Waals surface area contributed by atoms with Crippen molar-refractivity contribution in [3.05, 3.63) is 93.5 Å². The van der Waals surface area contributed by atoms with E-state index in [4.69, 9.17) is 0 Å². The first kappa shape index (κ1) is 21.9. The van der Waals surface area contributed by atoms with Crippen LogP contribution in [0.5, 0.6) is 0 Å². The molecule has 7 heteroatoms. The Balaban J connectivity index is 1.39. The largest absolute Gasteiger partial charge is 0.295 e. The average molecular weight is 534 g/mol. The van der Waals surface area contributed by atoms with Gasteiger partial charge in [-0.1, -0.05) is 64.5 Å². The Hall–Kier alpha value is -2.61. The van der Waals surface area contributed by atoms with Crippen molar-refractivity contribution in [1.29, 1.82) is 0 Å². The van der Waals surface area contributed by atoms with Crippen molar-refractivity contribution >= 4 is 50.9 Å². The minimum Gasteiger partial charge on any atom is -0.295 e. The maximum Gasteiger partial charge on any atom is 0.269 e. The van der Waals surface area contributed by atoms with Gasteiger partial charge in [0.2, 0.25) is 10.8 Å². The fourth-order valence-corrected chi connectivity index (χ4v) is 7.02. The number of amides is 2. The predicted molar refractivity (Wildman–Crippen MR) is 140 cm³/mol. The zero-order valence-electron chi connectivity index (χ0n) is 18.8. The van der Waals surface area contributed by atoms with Gasteiger partial charge >= 0.3 is 0 Å². The molecule has 0 saturated carbocycles. The van der Waals surface area contributed by atoms with Crippen molar-refractivity contribution in [1.82, 2.24) is 4.90 Å². The maximum absolute atomic E-state index is 14.3. The molecular weight excluding hydrogens is 510 g/mol. The molecule has 0 N–H and O–H groups in total. The minimum absolute atomic E-state index is 0.0416. The lowest BCUT2D eigenvalue weighted by Crippen LogP contribution is -2.52. The van der Waals surface area contributed by atoms with Crippen molar-refractivity contribution in [3.8, 4) is 0 Å². The maximum atomic E-state index is 14.3. The normalized spacial score (nSPS) is 21.9. The molecule has 34 heavy (non-hydrogen) atoms. The number of thioether (sulfide) groups is 1. The van der Waals surface area contributed by atoms with E-state index in [-0.39, 0.29) is 17.6 Å². The summed E-state index contributed by atoms with van der Waals surface area (Å²) in [6.07, 6.45) is 0.974. The summed E-state index contributed by atoms with van der Waals surface area (Å²) in [5, 5.41) is 0. The van der Waals surface area contributed by atoms with E-state index in [0.717, 1.165) is 46.5 Å². The first-order valence-corrected chi connectivity index (χ1v) is 13.2. The van der Waals surface area contributed by atoms with E-state index in [2.05, 4.69) is 45.1 Å². The van der Waals surface area contributed by atoms with Gasteiger partial charge in [-0.2, -0.15) is 0 Å². The van der Waals surface area contributed by atoms with Crippen LogP contribution < -0.4 is 9.80 Å². The third-order valence-electron chi connectivity index (χ3n) is 7.03. The molecular formula is C27H24BrN3O2S. The van der Waals surface area contributed by atoms with Crippen LogP contribution in [0.2, 0.25) is 0 Å². The highest BCUT2D eigenvalue weighted by atomic mass is 79.9. The van der Waals surface area contributed by atoms with Gasteiger partial charge in [-0.25, -0.2) is 0 Å². The molecule has 5 nitrogen and oxygen atoms in total. The molecule has 0 radical (unpaired) electrons. The highest BCUT2D eigenvalue weighted by Crippen LogP contribution is 2.55. The van der Waals surface area contributed by atoms with Gasteiger partial charge in [0, 0.05) is 28.8 Å².